The Morgan fingerprint density at radius 1 is 0.694 bits per heavy atom. The van der Waals surface area contributed by atoms with Gasteiger partial charge in [-0.3, -0.25) is 32.6 Å². The zero-order valence-electron chi connectivity index (χ0n) is 33.0. The maximum Gasteiger partial charge on any atom is 0.356 e. The number of hydrogen-bond donors (Lipinski definition) is 5. The molecule has 62 heavy (non-hydrogen) atoms. The minimum absolute atomic E-state index is 0.0138. The number of nitrogens with two attached hydrogens (primary N) is 1. The van der Waals surface area contributed by atoms with Crippen LogP contribution in [0.1, 0.15) is 52.0 Å². The Hall–Kier alpha value is -6.11. The van der Waals surface area contributed by atoms with Gasteiger partial charge in [-0.1, -0.05) is 0 Å². The van der Waals surface area contributed by atoms with Crippen molar-refractivity contribution in [3.8, 4) is 0 Å². The number of nitrogens with zero attached hydrogens (tertiary/aromatic N) is 4. The molecule has 0 spiro atoms. The number of carbonyl (C=O) groups is 4. The highest BCUT2D eigenvalue weighted by Crippen LogP contribution is 2.15. The maximum atomic E-state index is 11.9. The highest BCUT2D eigenvalue weighted by Gasteiger charge is 2.15. The largest absolute Gasteiger partial charge is 0.501 e. The van der Waals surface area contributed by atoms with Gasteiger partial charge in [0.1, 0.15) is 33.4 Å². The zero-order chi connectivity index (χ0) is 46.1. The molecule has 24 heteroatoms. The van der Waals surface area contributed by atoms with E-state index in [9.17, 15) is 33.6 Å². The number of aromatic nitrogens is 7. The number of hydrogen-bond acceptors (Lipinski definition) is 12. The van der Waals surface area contributed by atoms with E-state index in [4.69, 9.17) is 20.4 Å². The van der Waals surface area contributed by atoms with Crippen LogP contribution in [0, 0.1) is 0 Å². The smallest absolute Gasteiger partial charge is 0.356 e. The topological polar surface area (TPSA) is 268 Å². The van der Waals surface area contributed by atoms with Crippen LogP contribution in [0.4, 0.5) is 0 Å². The second kappa shape index (κ2) is 24.4. The van der Waals surface area contributed by atoms with Gasteiger partial charge in [-0.2, -0.15) is 0 Å². The fourth-order valence-corrected chi connectivity index (χ4v) is 6.43. The predicted octanol–water partition coefficient (Wildman–Crippen LogP) is 5.90. The van der Waals surface area contributed by atoms with Gasteiger partial charge in [-0.15, -0.1) is 0 Å². The van der Waals surface area contributed by atoms with Crippen molar-refractivity contribution < 1.29 is 43.2 Å². The van der Waals surface area contributed by atoms with E-state index >= 15 is 0 Å². The number of H-pyrrole nitrogens is 3. The van der Waals surface area contributed by atoms with Crippen LogP contribution in [0.25, 0.3) is 16.6 Å². The first kappa shape index (κ1) is 50.2. The summed E-state index contributed by atoms with van der Waals surface area (Å²) in [5, 5.41) is 17.1. The van der Waals surface area contributed by atoms with Crippen LogP contribution in [0.3, 0.4) is 0 Å². The molecule has 0 radical (unpaired) electrons. The quantitative estimate of drug-likeness (QED) is 0.0391. The molecule has 6 N–H and O–H groups in total. The summed E-state index contributed by atoms with van der Waals surface area (Å²) in [5.74, 6) is 2.75. The molecule has 20 nitrogen and oxygen atoms in total. The van der Waals surface area contributed by atoms with Gasteiger partial charge in [-0.05, 0) is 109 Å². The summed E-state index contributed by atoms with van der Waals surface area (Å²) in [6.07, 6.45) is 13.4. The predicted molar refractivity (Wildman–Crippen MR) is 241 cm³/mol. The first-order valence-corrected chi connectivity index (χ1v) is 20.8. The van der Waals surface area contributed by atoms with Crippen molar-refractivity contribution in [3.05, 3.63) is 151 Å². The van der Waals surface area contributed by atoms with Crippen molar-refractivity contribution in [3.63, 3.8) is 0 Å². The van der Waals surface area contributed by atoms with E-state index in [1.54, 1.807) is 73.6 Å². The molecule has 0 aromatic carbocycles. The minimum atomic E-state index is -1.23. The number of aromatic amines is 3. The third-order valence-electron chi connectivity index (χ3n) is 7.40. The lowest BCUT2D eigenvalue weighted by Gasteiger charge is -2.01. The van der Waals surface area contributed by atoms with Crippen LogP contribution in [-0.4, -0.2) is 89.4 Å². The van der Waals surface area contributed by atoms with Crippen LogP contribution < -0.4 is 22.1 Å². The standard InChI is InChI=1S/C10H9BrN2O3.C8H5BrN2O3.C7H5BrN2O.C7H12O3.C6H7BrN2O2/c1-2-16-10(15)7-4-12-13-5-6(11)3-8(13)9(7)14;9-4-1-6-7(12)5(8(13)14)2-10-11(6)3-4;8-5-3-6-7(11)1-2-9-10(6)4-5;1-3-9-6-5-7(8)10-4-2;1-11-6(10)5-2-4(7)3-9(5)8/h3-5,12H,2H2,1H3;1-3,10H,(H,13,14);1-4,9H;5-6H,3-4H2,1-2H3;2-3H,8H2,1H3/b;;;6-5+;. The van der Waals surface area contributed by atoms with E-state index in [0.717, 1.165) is 13.4 Å². The molecule has 7 aromatic rings. The number of fused-ring (bicyclic) bond motifs is 3. The van der Waals surface area contributed by atoms with E-state index < -0.39 is 23.3 Å². The van der Waals surface area contributed by atoms with Crippen molar-refractivity contribution in [1.29, 1.82) is 0 Å². The van der Waals surface area contributed by atoms with Crippen LogP contribution in [-0.2, 0) is 23.7 Å². The Labute approximate surface area is 383 Å². The van der Waals surface area contributed by atoms with Crippen LogP contribution in [0.5, 0.6) is 0 Å². The summed E-state index contributed by atoms with van der Waals surface area (Å²) in [6.45, 7) is 6.50. The molecule has 7 aromatic heterocycles. The molecule has 0 aliphatic rings. The number of carboxylic acids is 1. The van der Waals surface area contributed by atoms with E-state index in [1.807, 2.05) is 6.92 Å². The van der Waals surface area contributed by atoms with Gasteiger partial charge < -0.3 is 45.2 Å². The third kappa shape index (κ3) is 14.2. The average molecular weight is 1120 g/mol. The number of nitrogens with one attached hydrogen (secondary N) is 3. The molecule has 0 atom stereocenters. The van der Waals surface area contributed by atoms with Crippen LogP contribution in [0.15, 0.2) is 118 Å². The van der Waals surface area contributed by atoms with Gasteiger partial charge in [0, 0.05) is 67.3 Å². The summed E-state index contributed by atoms with van der Waals surface area (Å²) >= 11 is 12.9. The molecule has 0 unspecified atom stereocenters. The van der Waals surface area contributed by atoms with Gasteiger partial charge in [0.2, 0.25) is 16.3 Å². The summed E-state index contributed by atoms with van der Waals surface area (Å²) in [4.78, 5) is 78.1. The van der Waals surface area contributed by atoms with Crippen molar-refractivity contribution in [2.45, 2.75) is 20.8 Å². The number of methoxy groups -OCH3 is 1. The lowest BCUT2D eigenvalue weighted by molar-refractivity contribution is -0.137. The number of aromatic carboxylic acids is 1. The fourth-order valence-electron chi connectivity index (χ4n) is 4.73. The zero-order valence-corrected chi connectivity index (χ0v) is 39.4. The number of halogens is 4. The molecule has 7 heterocycles. The Bertz CT molecular complexity index is 2870. The molecule has 0 bridgehead atoms. The first-order chi connectivity index (χ1) is 29.4. The Balaban J connectivity index is 0.000000209. The van der Waals surface area contributed by atoms with Gasteiger partial charge >= 0.3 is 23.9 Å². The first-order valence-electron chi connectivity index (χ1n) is 17.7. The lowest BCUT2D eigenvalue weighted by atomic mass is 10.3. The van der Waals surface area contributed by atoms with Crippen LogP contribution in [0.2, 0.25) is 0 Å². The number of rotatable bonds is 8. The van der Waals surface area contributed by atoms with Gasteiger partial charge in [0.15, 0.2) is 0 Å². The van der Waals surface area contributed by atoms with Crippen LogP contribution >= 0.6 is 63.7 Å². The molecule has 330 valence electrons. The van der Waals surface area contributed by atoms with Gasteiger partial charge in [0.25, 0.3) is 0 Å². The van der Waals surface area contributed by atoms with E-state index in [1.165, 1.54) is 51.6 Å². The Kier molecular flexibility index (Phi) is 19.7. The summed E-state index contributed by atoms with van der Waals surface area (Å²) in [7, 11) is 1.31. The molecule has 0 fully saturated rings. The number of nitrogen functional groups attached to an aromatic ring is 1. The average Bonchev–Trinajstić information content (AvgIpc) is 4.00. The molecule has 0 saturated heterocycles. The normalized spacial score (nSPS) is 10.3. The monoisotopic (exact) mass is 1110 g/mol. The van der Waals surface area contributed by atoms with E-state index in [2.05, 4.69) is 88.5 Å². The summed E-state index contributed by atoms with van der Waals surface area (Å²) in [6, 6.07) is 8.07. The molecule has 0 saturated carbocycles. The number of ether oxygens (including phenoxy) is 4. The van der Waals surface area contributed by atoms with Crippen molar-refractivity contribution in [1.82, 2.24) is 33.5 Å². The highest BCUT2D eigenvalue weighted by molar-refractivity contribution is 9.11. The highest BCUT2D eigenvalue weighted by atomic mass is 79.9. The maximum absolute atomic E-state index is 11.9. The molecule has 0 aliphatic carbocycles. The SMILES string of the molecule is CCO/C=C/C(=O)OCC.CCOC(=O)c1c[nH]n2cc(Br)cc2c1=O.COC(=O)c1cc(Br)cn1N.O=C(O)c1c[nH]n2cc(Br)cc2c1=O.O=c1cc[nH]n2cc(Br)cc12. The van der Waals surface area contributed by atoms with E-state index in [-0.39, 0.29) is 34.6 Å². The molecule has 0 amide bonds. The molecule has 7 rings (SSSR count). The molecular weight excluding hydrogens is 1080 g/mol. The summed E-state index contributed by atoms with van der Waals surface area (Å²) < 4.78 is 27.6. The van der Waals surface area contributed by atoms with Crippen molar-refractivity contribution in [2.75, 3.05) is 32.8 Å². The fraction of sp³-hybridized carbons (Fsp3) is 0.184. The van der Waals surface area contributed by atoms with E-state index in [0.29, 0.717) is 39.9 Å². The molecule has 0 aliphatic heterocycles. The van der Waals surface area contributed by atoms with Gasteiger partial charge in [0.05, 0.1) is 39.3 Å². The van der Waals surface area contributed by atoms with Crippen molar-refractivity contribution in [2.24, 2.45) is 0 Å². The third-order valence-corrected chi connectivity index (χ3v) is 9.13. The Morgan fingerprint density at radius 3 is 1.66 bits per heavy atom. The number of carboxylic acid groups (broad SMARTS) is 1. The Morgan fingerprint density at radius 2 is 1.19 bits per heavy atom. The summed E-state index contributed by atoms with van der Waals surface area (Å²) in [5.41, 5.74) is 0.607. The second-order valence-corrected chi connectivity index (χ2v) is 15.2. The molecular formula is C38H38Br4N8O12. The number of carbonyl (C=O) groups excluding carboxylic acids is 3. The number of esters is 3. The minimum Gasteiger partial charge on any atom is -0.501 e. The lowest BCUT2D eigenvalue weighted by Crippen LogP contribution is -2.19. The van der Waals surface area contributed by atoms with Crippen molar-refractivity contribution >= 4 is 104 Å². The second-order valence-electron chi connectivity index (χ2n) is 11.6. The van der Waals surface area contributed by atoms with Gasteiger partial charge in [-0.25, -0.2) is 19.2 Å².